The van der Waals surface area contributed by atoms with Crippen molar-refractivity contribution in [2.75, 3.05) is 19.8 Å². The Morgan fingerprint density at radius 1 is 1.67 bits per heavy atom. The highest BCUT2D eigenvalue weighted by molar-refractivity contribution is 5.83. The van der Waals surface area contributed by atoms with E-state index in [-0.39, 0.29) is 12.5 Å². The number of aromatic amines is 1. The number of hydrogen-bond donors (Lipinski definition) is 3. The van der Waals surface area contributed by atoms with Crippen molar-refractivity contribution < 1.29 is 14.6 Å². The lowest BCUT2D eigenvalue weighted by atomic mass is 9.86. The predicted octanol–water partition coefficient (Wildman–Crippen LogP) is -0.360. The van der Waals surface area contributed by atoms with Crippen molar-refractivity contribution in [3.05, 3.63) is 24.0 Å². The summed E-state index contributed by atoms with van der Waals surface area (Å²) in [6.07, 6.45) is 3.62. The zero-order valence-electron chi connectivity index (χ0n) is 8.32. The Labute approximate surface area is 87.4 Å². The number of nitrogens with one attached hydrogen (secondary N) is 2. The first-order valence-corrected chi connectivity index (χ1v) is 4.85. The van der Waals surface area contributed by atoms with Crippen LogP contribution in [0.4, 0.5) is 0 Å². The van der Waals surface area contributed by atoms with Gasteiger partial charge >= 0.3 is 0 Å². The molecule has 2 rings (SSSR count). The van der Waals surface area contributed by atoms with Gasteiger partial charge in [0, 0.05) is 18.9 Å². The van der Waals surface area contributed by atoms with E-state index in [1.807, 2.05) is 12.3 Å². The highest BCUT2D eigenvalue weighted by atomic mass is 16.5. The van der Waals surface area contributed by atoms with Crippen molar-refractivity contribution in [1.29, 1.82) is 0 Å². The fourth-order valence-electron chi connectivity index (χ4n) is 1.48. The van der Waals surface area contributed by atoms with Gasteiger partial charge in [0.1, 0.15) is 5.41 Å². The highest BCUT2D eigenvalue weighted by Crippen LogP contribution is 2.26. The maximum absolute atomic E-state index is 11.7. The van der Waals surface area contributed by atoms with Crippen LogP contribution in [0, 0.1) is 5.41 Å². The third-order valence-corrected chi connectivity index (χ3v) is 2.66. The molecule has 0 radical (unpaired) electrons. The van der Waals surface area contributed by atoms with Gasteiger partial charge in [0.2, 0.25) is 5.91 Å². The van der Waals surface area contributed by atoms with E-state index in [2.05, 4.69) is 10.3 Å². The normalized spacial score (nSPS) is 18.2. The Kier molecular flexibility index (Phi) is 2.75. The minimum atomic E-state index is -0.712. The summed E-state index contributed by atoms with van der Waals surface area (Å²) in [5.41, 5.74) is 0.299. The van der Waals surface area contributed by atoms with Crippen LogP contribution in [-0.4, -0.2) is 35.8 Å². The molecule has 0 saturated carbocycles. The number of rotatable bonds is 4. The predicted molar refractivity (Wildman–Crippen MR) is 53.0 cm³/mol. The molecule has 5 heteroatoms. The molecule has 1 aliphatic rings. The Morgan fingerprint density at radius 2 is 2.47 bits per heavy atom. The quantitative estimate of drug-likeness (QED) is 0.635. The molecule has 3 N–H and O–H groups in total. The average Bonchev–Trinajstić information content (AvgIpc) is 2.66. The second kappa shape index (κ2) is 4.04. The van der Waals surface area contributed by atoms with E-state index in [1.54, 1.807) is 6.20 Å². The van der Waals surface area contributed by atoms with Crippen LogP contribution in [0.2, 0.25) is 0 Å². The van der Waals surface area contributed by atoms with Crippen molar-refractivity contribution in [2.24, 2.45) is 5.41 Å². The van der Waals surface area contributed by atoms with Crippen molar-refractivity contribution >= 4 is 5.91 Å². The van der Waals surface area contributed by atoms with Gasteiger partial charge in [-0.3, -0.25) is 4.79 Å². The standard InChI is InChI=1S/C10H14N2O3/c13-5-10(6-15-7-10)9(14)12-4-8-1-2-11-3-8/h1-3,11,13H,4-7H2,(H,12,14). The number of carbonyl (C=O) groups is 1. The largest absolute Gasteiger partial charge is 0.395 e. The van der Waals surface area contributed by atoms with Crippen LogP contribution in [0.5, 0.6) is 0 Å². The molecule has 0 aromatic carbocycles. The zero-order chi connectivity index (χ0) is 10.7. The van der Waals surface area contributed by atoms with Gasteiger partial charge in [0.25, 0.3) is 0 Å². The molecule has 1 fully saturated rings. The molecule has 1 aromatic rings. The molecule has 15 heavy (non-hydrogen) atoms. The van der Waals surface area contributed by atoms with Crippen LogP contribution in [0.3, 0.4) is 0 Å². The molecule has 2 heterocycles. The van der Waals surface area contributed by atoms with E-state index in [0.717, 1.165) is 5.56 Å². The van der Waals surface area contributed by atoms with Gasteiger partial charge in [-0.1, -0.05) is 0 Å². The Morgan fingerprint density at radius 3 is 2.93 bits per heavy atom. The van der Waals surface area contributed by atoms with E-state index in [9.17, 15) is 4.79 Å². The molecule has 1 saturated heterocycles. The van der Waals surface area contributed by atoms with Gasteiger partial charge in [-0.25, -0.2) is 0 Å². The maximum Gasteiger partial charge on any atom is 0.233 e. The Balaban J connectivity index is 1.87. The SMILES string of the molecule is O=C(NCc1cc[nH]c1)C1(CO)COC1. The smallest absolute Gasteiger partial charge is 0.233 e. The van der Waals surface area contributed by atoms with Gasteiger partial charge < -0.3 is 20.1 Å². The number of amides is 1. The van der Waals surface area contributed by atoms with Gasteiger partial charge in [-0.2, -0.15) is 0 Å². The molecular weight excluding hydrogens is 196 g/mol. The van der Waals surface area contributed by atoms with Crippen LogP contribution in [0.1, 0.15) is 5.56 Å². The lowest BCUT2D eigenvalue weighted by Crippen LogP contribution is -2.56. The molecule has 1 aromatic heterocycles. The van der Waals surface area contributed by atoms with Gasteiger partial charge in [-0.15, -0.1) is 0 Å². The van der Waals surface area contributed by atoms with Gasteiger partial charge in [0.15, 0.2) is 0 Å². The fraction of sp³-hybridized carbons (Fsp3) is 0.500. The summed E-state index contributed by atoms with van der Waals surface area (Å²) in [6, 6.07) is 1.89. The van der Waals surface area contributed by atoms with Crippen molar-refractivity contribution in [2.45, 2.75) is 6.54 Å². The molecule has 82 valence electrons. The third kappa shape index (κ3) is 1.88. The number of hydrogen-bond acceptors (Lipinski definition) is 3. The summed E-state index contributed by atoms with van der Waals surface area (Å²) in [5, 5.41) is 11.9. The summed E-state index contributed by atoms with van der Waals surface area (Å²) in [6.45, 7) is 0.932. The third-order valence-electron chi connectivity index (χ3n) is 2.66. The number of carbonyl (C=O) groups excluding carboxylic acids is 1. The second-order valence-corrected chi connectivity index (χ2v) is 3.83. The molecule has 0 atom stereocenters. The summed E-state index contributed by atoms with van der Waals surface area (Å²) in [4.78, 5) is 14.6. The van der Waals surface area contributed by atoms with E-state index in [4.69, 9.17) is 9.84 Å². The van der Waals surface area contributed by atoms with E-state index < -0.39 is 5.41 Å². The Hall–Kier alpha value is -1.33. The lowest BCUT2D eigenvalue weighted by molar-refractivity contribution is -0.170. The first kappa shape index (κ1) is 10.2. The van der Waals surface area contributed by atoms with E-state index in [0.29, 0.717) is 19.8 Å². The van der Waals surface area contributed by atoms with Crippen LogP contribution < -0.4 is 5.32 Å². The lowest BCUT2D eigenvalue weighted by Gasteiger charge is -2.37. The van der Waals surface area contributed by atoms with Crippen molar-refractivity contribution in [3.8, 4) is 0 Å². The topological polar surface area (TPSA) is 74.4 Å². The summed E-state index contributed by atoms with van der Waals surface area (Å²) >= 11 is 0. The van der Waals surface area contributed by atoms with Crippen molar-refractivity contribution in [1.82, 2.24) is 10.3 Å². The van der Waals surface area contributed by atoms with Crippen LogP contribution >= 0.6 is 0 Å². The van der Waals surface area contributed by atoms with Crippen LogP contribution in [0.25, 0.3) is 0 Å². The minimum absolute atomic E-state index is 0.141. The first-order chi connectivity index (χ1) is 7.27. The average molecular weight is 210 g/mol. The molecular formula is C10H14N2O3. The monoisotopic (exact) mass is 210 g/mol. The minimum Gasteiger partial charge on any atom is -0.395 e. The highest BCUT2D eigenvalue weighted by Gasteiger charge is 2.45. The zero-order valence-corrected chi connectivity index (χ0v) is 8.32. The number of aliphatic hydroxyl groups is 1. The summed E-state index contributed by atoms with van der Waals surface area (Å²) in [5.74, 6) is -0.141. The van der Waals surface area contributed by atoms with E-state index in [1.165, 1.54) is 0 Å². The number of ether oxygens (including phenoxy) is 1. The number of H-pyrrole nitrogens is 1. The van der Waals surface area contributed by atoms with Gasteiger partial charge in [-0.05, 0) is 11.6 Å². The molecule has 5 nitrogen and oxygen atoms in total. The molecule has 0 unspecified atom stereocenters. The number of aromatic nitrogens is 1. The molecule has 0 spiro atoms. The number of aliphatic hydroxyl groups excluding tert-OH is 1. The molecule has 0 aliphatic carbocycles. The summed E-state index contributed by atoms with van der Waals surface area (Å²) < 4.78 is 4.96. The Bertz CT molecular complexity index is 325. The summed E-state index contributed by atoms with van der Waals surface area (Å²) in [7, 11) is 0. The van der Waals surface area contributed by atoms with Crippen molar-refractivity contribution in [3.63, 3.8) is 0 Å². The first-order valence-electron chi connectivity index (χ1n) is 4.85. The van der Waals surface area contributed by atoms with Crippen LogP contribution in [-0.2, 0) is 16.1 Å². The molecule has 1 aliphatic heterocycles. The van der Waals surface area contributed by atoms with Crippen LogP contribution in [0.15, 0.2) is 18.5 Å². The van der Waals surface area contributed by atoms with E-state index >= 15 is 0 Å². The molecule has 0 bridgehead atoms. The fourth-order valence-corrected chi connectivity index (χ4v) is 1.48. The molecule has 1 amide bonds. The van der Waals surface area contributed by atoms with Gasteiger partial charge in [0.05, 0.1) is 19.8 Å². The second-order valence-electron chi connectivity index (χ2n) is 3.83. The maximum atomic E-state index is 11.7.